The molecule has 0 aliphatic rings. The van der Waals surface area contributed by atoms with Gasteiger partial charge in [0.25, 0.3) is 0 Å². The van der Waals surface area contributed by atoms with Crippen LogP contribution in [0.15, 0.2) is 36.7 Å². The first-order chi connectivity index (χ1) is 9.04. The van der Waals surface area contributed by atoms with Gasteiger partial charge in [-0.3, -0.25) is 0 Å². The molecule has 4 heteroatoms. The van der Waals surface area contributed by atoms with Crippen LogP contribution in [-0.4, -0.2) is 9.38 Å². The highest BCUT2D eigenvalue weighted by molar-refractivity contribution is 6.31. The summed E-state index contributed by atoms with van der Waals surface area (Å²) in [5.74, 6) is 0. The van der Waals surface area contributed by atoms with Gasteiger partial charge in [-0.1, -0.05) is 17.7 Å². The van der Waals surface area contributed by atoms with E-state index < -0.39 is 0 Å². The fraction of sp³-hybridized carbons (Fsp3) is 0.133. The van der Waals surface area contributed by atoms with Crippen LogP contribution in [0, 0.1) is 13.8 Å². The Bertz CT molecular complexity index is 735. The fourth-order valence-corrected chi connectivity index (χ4v) is 2.21. The van der Waals surface area contributed by atoms with Crippen molar-refractivity contribution >= 4 is 22.9 Å². The Labute approximate surface area is 116 Å². The third-order valence-electron chi connectivity index (χ3n) is 3.29. The van der Waals surface area contributed by atoms with Gasteiger partial charge in [0.1, 0.15) is 5.65 Å². The number of anilines is 1. The number of nitrogens with two attached hydrogens (primary N) is 1. The number of hydrogen-bond donors (Lipinski definition) is 1. The Balaban J connectivity index is 2.17. The van der Waals surface area contributed by atoms with E-state index in [1.54, 1.807) is 0 Å². The zero-order chi connectivity index (χ0) is 13.6. The molecule has 3 nitrogen and oxygen atoms in total. The molecule has 0 fully saturated rings. The van der Waals surface area contributed by atoms with E-state index in [1.165, 1.54) is 0 Å². The molecule has 3 rings (SSSR count). The summed E-state index contributed by atoms with van der Waals surface area (Å²) in [6.07, 6.45) is 3.87. The van der Waals surface area contributed by atoms with E-state index in [2.05, 4.69) is 4.98 Å². The quantitative estimate of drug-likeness (QED) is 0.730. The van der Waals surface area contributed by atoms with E-state index in [0.717, 1.165) is 38.7 Å². The van der Waals surface area contributed by atoms with Gasteiger partial charge in [-0.2, -0.15) is 0 Å². The van der Waals surface area contributed by atoms with Crippen LogP contribution in [0.5, 0.6) is 0 Å². The Hall–Kier alpha value is -2.00. The SMILES string of the molecule is Cc1cc2nc(-c3ccc(Cl)c(C)c3)cn2cc1N. The number of imidazole rings is 1. The van der Waals surface area contributed by atoms with Crippen molar-refractivity contribution in [2.24, 2.45) is 0 Å². The van der Waals surface area contributed by atoms with Gasteiger partial charge in [0, 0.05) is 23.0 Å². The molecule has 1 aromatic carbocycles. The van der Waals surface area contributed by atoms with Crippen LogP contribution >= 0.6 is 11.6 Å². The van der Waals surface area contributed by atoms with Crippen LogP contribution in [0.1, 0.15) is 11.1 Å². The molecule has 0 atom stereocenters. The Morgan fingerprint density at radius 3 is 2.63 bits per heavy atom. The molecule has 0 saturated heterocycles. The minimum Gasteiger partial charge on any atom is -0.397 e. The van der Waals surface area contributed by atoms with Gasteiger partial charge in [0.05, 0.1) is 11.4 Å². The Kier molecular flexibility index (Phi) is 2.72. The minimum atomic E-state index is 0.767. The van der Waals surface area contributed by atoms with Crippen molar-refractivity contribution in [3.63, 3.8) is 0 Å². The van der Waals surface area contributed by atoms with E-state index in [4.69, 9.17) is 17.3 Å². The van der Waals surface area contributed by atoms with Crippen LogP contribution < -0.4 is 5.73 Å². The van der Waals surface area contributed by atoms with E-state index >= 15 is 0 Å². The van der Waals surface area contributed by atoms with Gasteiger partial charge < -0.3 is 10.1 Å². The molecule has 0 spiro atoms. The van der Waals surface area contributed by atoms with Crippen molar-refractivity contribution in [3.05, 3.63) is 52.8 Å². The number of aryl methyl sites for hydroxylation is 2. The smallest absolute Gasteiger partial charge is 0.137 e. The number of pyridine rings is 1. The fourth-order valence-electron chi connectivity index (χ4n) is 2.09. The first kappa shape index (κ1) is 12.1. The maximum atomic E-state index is 6.05. The molecule has 2 aromatic heterocycles. The highest BCUT2D eigenvalue weighted by Gasteiger charge is 2.07. The zero-order valence-corrected chi connectivity index (χ0v) is 11.6. The molecule has 0 bridgehead atoms. The number of halogens is 1. The lowest BCUT2D eigenvalue weighted by Gasteiger charge is -2.00. The largest absolute Gasteiger partial charge is 0.397 e. The van der Waals surface area contributed by atoms with Crippen LogP contribution in [0.3, 0.4) is 0 Å². The normalized spacial score (nSPS) is 11.1. The molecule has 0 radical (unpaired) electrons. The second-order valence-electron chi connectivity index (χ2n) is 4.77. The molecule has 0 aliphatic heterocycles. The average molecular weight is 272 g/mol. The number of nitrogen functional groups attached to an aromatic ring is 1. The molecule has 0 saturated carbocycles. The lowest BCUT2D eigenvalue weighted by atomic mass is 10.1. The van der Waals surface area contributed by atoms with Crippen molar-refractivity contribution in [1.29, 1.82) is 0 Å². The standard InChI is InChI=1S/C15H14ClN3/c1-9-5-11(3-4-12(9)16)14-8-19-7-13(17)10(2)6-15(19)18-14/h3-8H,17H2,1-2H3. The van der Waals surface area contributed by atoms with Gasteiger partial charge >= 0.3 is 0 Å². The zero-order valence-electron chi connectivity index (χ0n) is 10.8. The predicted octanol–water partition coefficient (Wildman–Crippen LogP) is 3.85. The van der Waals surface area contributed by atoms with Crippen LogP contribution in [0.4, 0.5) is 5.69 Å². The maximum absolute atomic E-state index is 6.05. The topological polar surface area (TPSA) is 43.3 Å². The number of rotatable bonds is 1. The van der Waals surface area contributed by atoms with E-state index in [0.29, 0.717) is 0 Å². The highest BCUT2D eigenvalue weighted by atomic mass is 35.5. The minimum absolute atomic E-state index is 0.767. The second kappa shape index (κ2) is 4.28. The van der Waals surface area contributed by atoms with Crippen molar-refractivity contribution in [2.45, 2.75) is 13.8 Å². The second-order valence-corrected chi connectivity index (χ2v) is 5.17. The molecule has 0 unspecified atom stereocenters. The third kappa shape index (κ3) is 2.06. The molecule has 19 heavy (non-hydrogen) atoms. The number of nitrogens with zero attached hydrogens (tertiary/aromatic N) is 2. The molecule has 2 heterocycles. The van der Waals surface area contributed by atoms with Crippen molar-refractivity contribution in [1.82, 2.24) is 9.38 Å². The van der Waals surface area contributed by atoms with E-state index in [1.807, 2.05) is 54.9 Å². The Morgan fingerprint density at radius 2 is 1.89 bits per heavy atom. The van der Waals surface area contributed by atoms with Crippen molar-refractivity contribution < 1.29 is 0 Å². The third-order valence-corrected chi connectivity index (χ3v) is 3.72. The summed E-state index contributed by atoms with van der Waals surface area (Å²) in [6, 6.07) is 7.91. The lowest BCUT2D eigenvalue weighted by molar-refractivity contribution is 1.18. The summed E-state index contributed by atoms with van der Waals surface area (Å²) in [6.45, 7) is 3.97. The molecule has 96 valence electrons. The molecular formula is C15H14ClN3. The monoisotopic (exact) mass is 271 g/mol. The van der Waals surface area contributed by atoms with Crippen molar-refractivity contribution in [2.75, 3.05) is 5.73 Å². The van der Waals surface area contributed by atoms with Crippen LogP contribution in [0.2, 0.25) is 5.02 Å². The van der Waals surface area contributed by atoms with Gasteiger partial charge in [0.15, 0.2) is 0 Å². The predicted molar refractivity (Wildman–Crippen MR) is 79.5 cm³/mol. The summed E-state index contributed by atoms with van der Waals surface area (Å²) in [5.41, 5.74) is 11.6. The Morgan fingerprint density at radius 1 is 1.11 bits per heavy atom. The maximum Gasteiger partial charge on any atom is 0.137 e. The van der Waals surface area contributed by atoms with Gasteiger partial charge in [-0.05, 0) is 43.2 Å². The molecule has 0 aliphatic carbocycles. The van der Waals surface area contributed by atoms with Gasteiger partial charge in [0.2, 0.25) is 0 Å². The average Bonchev–Trinajstić information content (AvgIpc) is 2.76. The first-order valence-electron chi connectivity index (χ1n) is 6.06. The number of aromatic nitrogens is 2. The van der Waals surface area contributed by atoms with Crippen LogP contribution in [0.25, 0.3) is 16.9 Å². The van der Waals surface area contributed by atoms with Crippen LogP contribution in [-0.2, 0) is 0 Å². The summed E-state index contributed by atoms with van der Waals surface area (Å²) >= 11 is 6.05. The lowest BCUT2D eigenvalue weighted by Crippen LogP contribution is -1.93. The molecule has 2 N–H and O–H groups in total. The first-order valence-corrected chi connectivity index (χ1v) is 6.44. The van der Waals surface area contributed by atoms with Crippen molar-refractivity contribution in [3.8, 4) is 11.3 Å². The summed E-state index contributed by atoms with van der Waals surface area (Å²) in [5, 5.41) is 0.771. The number of benzene rings is 1. The number of fused-ring (bicyclic) bond motifs is 1. The van der Waals surface area contributed by atoms with E-state index in [-0.39, 0.29) is 0 Å². The van der Waals surface area contributed by atoms with E-state index in [9.17, 15) is 0 Å². The highest BCUT2D eigenvalue weighted by Crippen LogP contribution is 2.25. The van der Waals surface area contributed by atoms with Gasteiger partial charge in [-0.15, -0.1) is 0 Å². The molecule has 3 aromatic rings. The summed E-state index contributed by atoms with van der Waals surface area (Å²) in [4.78, 5) is 4.62. The molecule has 0 amide bonds. The summed E-state index contributed by atoms with van der Waals surface area (Å²) < 4.78 is 1.95. The number of hydrogen-bond acceptors (Lipinski definition) is 2. The molecular weight excluding hydrogens is 258 g/mol. The summed E-state index contributed by atoms with van der Waals surface area (Å²) in [7, 11) is 0. The van der Waals surface area contributed by atoms with Gasteiger partial charge in [-0.25, -0.2) is 4.98 Å².